The second-order valence-corrected chi connectivity index (χ2v) is 8.13. The maximum absolute atomic E-state index is 11.2. The van der Waals surface area contributed by atoms with Crippen LogP contribution in [0, 0.1) is 0 Å². The smallest absolute Gasteiger partial charge is 0.267 e. The lowest BCUT2D eigenvalue weighted by molar-refractivity contribution is 0.158. The first-order chi connectivity index (χ1) is 9.49. The summed E-state index contributed by atoms with van der Waals surface area (Å²) in [7, 11) is -3.88. The van der Waals surface area contributed by atoms with Crippen molar-refractivity contribution in [1.82, 2.24) is 5.32 Å². The van der Waals surface area contributed by atoms with Crippen molar-refractivity contribution in [3.8, 4) is 0 Å². The van der Waals surface area contributed by atoms with Crippen LogP contribution in [-0.4, -0.2) is 42.7 Å². The Morgan fingerprint density at radius 3 is 2.40 bits per heavy atom. The Hall–Kier alpha value is 0.180. The number of hydrogen-bond acceptors (Lipinski definition) is 5. The maximum Gasteiger partial charge on any atom is 0.267 e. The summed E-state index contributed by atoms with van der Waals surface area (Å²) in [6.07, 6.45) is 9.60. The van der Waals surface area contributed by atoms with Crippen LogP contribution in [0.2, 0.25) is 0 Å². The molecular weight excluding hydrogens is 298 g/mol. The molecule has 0 aromatic heterocycles. The zero-order valence-corrected chi connectivity index (χ0v) is 13.6. The summed E-state index contributed by atoms with van der Waals surface area (Å²) in [6.45, 7) is 0. The highest BCUT2D eigenvalue weighted by Gasteiger charge is 2.32. The molecule has 2 unspecified atom stereocenters. The van der Waals surface area contributed by atoms with Crippen LogP contribution in [0.5, 0.6) is 0 Å². The Balaban J connectivity index is 1.77. The van der Waals surface area contributed by atoms with E-state index in [1.165, 1.54) is 12.0 Å². The molecule has 0 spiro atoms. The van der Waals surface area contributed by atoms with Gasteiger partial charge in [-0.25, -0.2) is 0 Å². The van der Waals surface area contributed by atoms with Crippen molar-refractivity contribution >= 4 is 22.2 Å². The SMILES string of the molecule is CSOC1CCC(NC2CCCC(S(=O)(=O)O)C2)CC1. The molecule has 5 nitrogen and oxygen atoms in total. The van der Waals surface area contributed by atoms with Gasteiger partial charge in [0.15, 0.2) is 0 Å². The highest BCUT2D eigenvalue weighted by molar-refractivity contribution is 7.93. The van der Waals surface area contributed by atoms with E-state index >= 15 is 0 Å². The molecule has 20 heavy (non-hydrogen) atoms. The van der Waals surface area contributed by atoms with Crippen molar-refractivity contribution in [1.29, 1.82) is 0 Å². The third-order valence-electron chi connectivity index (χ3n) is 4.43. The molecule has 2 rings (SSSR count). The van der Waals surface area contributed by atoms with E-state index in [0.717, 1.165) is 38.5 Å². The van der Waals surface area contributed by atoms with Crippen LogP contribution >= 0.6 is 12.0 Å². The fourth-order valence-corrected chi connectivity index (χ4v) is 4.77. The Kier molecular flexibility index (Phi) is 6.16. The topological polar surface area (TPSA) is 75.6 Å². The molecule has 0 aromatic carbocycles. The third kappa shape index (κ3) is 4.87. The predicted molar refractivity (Wildman–Crippen MR) is 81.4 cm³/mol. The van der Waals surface area contributed by atoms with Crippen LogP contribution in [0.1, 0.15) is 51.4 Å². The molecule has 118 valence electrons. The van der Waals surface area contributed by atoms with E-state index in [1.807, 2.05) is 6.26 Å². The van der Waals surface area contributed by atoms with Gasteiger partial charge in [0, 0.05) is 18.3 Å². The van der Waals surface area contributed by atoms with Crippen molar-refractivity contribution in [2.45, 2.75) is 74.8 Å². The van der Waals surface area contributed by atoms with Crippen molar-refractivity contribution in [3.05, 3.63) is 0 Å². The van der Waals surface area contributed by atoms with Gasteiger partial charge >= 0.3 is 0 Å². The van der Waals surface area contributed by atoms with E-state index in [1.54, 1.807) is 0 Å². The molecule has 0 aromatic rings. The zero-order chi connectivity index (χ0) is 14.6. The first-order valence-electron chi connectivity index (χ1n) is 7.41. The molecule has 2 saturated carbocycles. The van der Waals surface area contributed by atoms with Crippen LogP contribution in [0.25, 0.3) is 0 Å². The molecule has 7 heteroatoms. The Morgan fingerprint density at radius 2 is 1.80 bits per heavy atom. The summed E-state index contributed by atoms with van der Waals surface area (Å²) in [5, 5.41) is 3.01. The molecule has 2 aliphatic carbocycles. The van der Waals surface area contributed by atoms with Gasteiger partial charge in [-0.3, -0.25) is 4.55 Å². The zero-order valence-electron chi connectivity index (χ0n) is 12.0. The number of rotatable bonds is 5. The van der Waals surface area contributed by atoms with E-state index < -0.39 is 15.4 Å². The van der Waals surface area contributed by atoms with Gasteiger partial charge < -0.3 is 9.50 Å². The minimum absolute atomic E-state index is 0.221. The molecule has 2 fully saturated rings. The molecular formula is C13H25NO4S2. The van der Waals surface area contributed by atoms with Gasteiger partial charge in [0.1, 0.15) is 0 Å². The number of nitrogens with one attached hydrogen (secondary N) is 1. The normalized spacial score (nSPS) is 35.9. The molecule has 0 saturated heterocycles. The van der Waals surface area contributed by atoms with E-state index in [0.29, 0.717) is 25.0 Å². The van der Waals surface area contributed by atoms with E-state index in [4.69, 9.17) is 4.18 Å². The fourth-order valence-electron chi connectivity index (χ4n) is 3.36. The maximum atomic E-state index is 11.2. The van der Waals surface area contributed by atoms with Gasteiger partial charge in [-0.2, -0.15) is 8.42 Å². The van der Waals surface area contributed by atoms with E-state index in [2.05, 4.69) is 5.32 Å². The average Bonchev–Trinajstić information content (AvgIpc) is 2.41. The Morgan fingerprint density at radius 1 is 1.10 bits per heavy atom. The summed E-state index contributed by atoms with van der Waals surface area (Å²) in [6, 6.07) is 0.681. The first kappa shape index (κ1) is 16.5. The van der Waals surface area contributed by atoms with Gasteiger partial charge in [-0.1, -0.05) is 6.42 Å². The van der Waals surface area contributed by atoms with Crippen LogP contribution in [-0.2, 0) is 14.3 Å². The summed E-state index contributed by atoms with van der Waals surface area (Å²) in [5.41, 5.74) is 0. The molecule has 2 aliphatic rings. The molecule has 2 N–H and O–H groups in total. The fraction of sp³-hybridized carbons (Fsp3) is 1.00. The highest BCUT2D eigenvalue weighted by Crippen LogP contribution is 2.28. The summed E-state index contributed by atoms with van der Waals surface area (Å²) in [5.74, 6) is 0. The molecule has 0 heterocycles. The molecule has 0 radical (unpaired) electrons. The van der Waals surface area contributed by atoms with Gasteiger partial charge in [-0.05, 0) is 57.0 Å². The van der Waals surface area contributed by atoms with Crippen LogP contribution < -0.4 is 5.32 Å². The lowest BCUT2D eigenvalue weighted by Gasteiger charge is -2.34. The van der Waals surface area contributed by atoms with Crippen molar-refractivity contribution in [3.63, 3.8) is 0 Å². The van der Waals surface area contributed by atoms with E-state index in [-0.39, 0.29) is 6.04 Å². The quantitative estimate of drug-likeness (QED) is 0.597. The van der Waals surface area contributed by atoms with Gasteiger partial charge in [0.05, 0.1) is 11.4 Å². The number of hydrogen-bond donors (Lipinski definition) is 2. The van der Waals surface area contributed by atoms with Gasteiger partial charge in [0.25, 0.3) is 10.1 Å². The van der Waals surface area contributed by atoms with Crippen LogP contribution in [0.4, 0.5) is 0 Å². The minimum Gasteiger partial charge on any atom is -0.312 e. The predicted octanol–water partition coefficient (Wildman–Crippen LogP) is 2.38. The Bertz CT molecular complexity index is 393. The molecule has 0 aliphatic heterocycles. The lowest BCUT2D eigenvalue weighted by Crippen LogP contribution is -2.45. The largest absolute Gasteiger partial charge is 0.312 e. The summed E-state index contributed by atoms with van der Waals surface area (Å²) < 4.78 is 37.2. The van der Waals surface area contributed by atoms with Crippen LogP contribution in [0.15, 0.2) is 0 Å². The molecule has 0 bridgehead atoms. The van der Waals surface area contributed by atoms with Crippen LogP contribution in [0.3, 0.4) is 0 Å². The summed E-state index contributed by atoms with van der Waals surface area (Å²) >= 11 is 1.43. The van der Waals surface area contributed by atoms with Gasteiger partial charge in [-0.15, -0.1) is 0 Å². The second-order valence-electron chi connectivity index (χ2n) is 5.90. The monoisotopic (exact) mass is 323 g/mol. The molecule has 0 amide bonds. The first-order valence-corrected chi connectivity index (χ1v) is 10.1. The second kappa shape index (κ2) is 7.45. The van der Waals surface area contributed by atoms with Crippen molar-refractivity contribution in [2.75, 3.05) is 6.26 Å². The van der Waals surface area contributed by atoms with Crippen molar-refractivity contribution in [2.24, 2.45) is 0 Å². The molecule has 2 atom stereocenters. The minimum atomic E-state index is -3.88. The Labute approximate surface area is 126 Å². The van der Waals surface area contributed by atoms with Crippen molar-refractivity contribution < 1.29 is 17.2 Å². The highest BCUT2D eigenvalue weighted by atomic mass is 32.2. The third-order valence-corrected chi connectivity index (χ3v) is 6.16. The van der Waals surface area contributed by atoms with Gasteiger partial charge in [0.2, 0.25) is 0 Å². The summed E-state index contributed by atoms with van der Waals surface area (Å²) in [4.78, 5) is 0. The van der Waals surface area contributed by atoms with E-state index in [9.17, 15) is 13.0 Å². The standard InChI is InChI=1S/C13H25NO4S2/c1-19-18-12-7-5-10(6-8-12)14-11-3-2-4-13(9-11)20(15,16)17/h10-14H,2-9H2,1H3,(H,15,16,17). The average molecular weight is 323 g/mol. The lowest BCUT2D eigenvalue weighted by atomic mass is 9.89.